The number of carbonyl (C=O) groups excluding carboxylic acids is 1. The predicted molar refractivity (Wildman–Crippen MR) is 103 cm³/mol. The van der Waals surface area contributed by atoms with Crippen LogP contribution in [0.4, 0.5) is 11.4 Å². The summed E-state index contributed by atoms with van der Waals surface area (Å²) in [6.45, 7) is 4.42. The molecule has 0 unspecified atom stereocenters. The number of nitro groups is 1. The molecule has 1 amide bonds. The van der Waals surface area contributed by atoms with E-state index in [9.17, 15) is 14.9 Å². The van der Waals surface area contributed by atoms with Gasteiger partial charge in [0.05, 0.1) is 27.3 Å². The summed E-state index contributed by atoms with van der Waals surface area (Å²) < 4.78 is 4.07. The maximum Gasteiger partial charge on any atom is 0.320 e. The second kappa shape index (κ2) is 7.31. The Morgan fingerprint density at radius 1 is 1.33 bits per heavy atom. The van der Waals surface area contributed by atoms with Crippen LogP contribution in [0.3, 0.4) is 0 Å². The van der Waals surface area contributed by atoms with Gasteiger partial charge in [-0.05, 0) is 47.5 Å². The molecule has 3 aromatic rings. The Labute approximate surface area is 163 Å². The molecule has 0 spiro atoms. The fraction of sp³-hybridized carbons (Fsp3) is 0.235. The average Bonchev–Trinajstić information content (AvgIpc) is 3.12. The van der Waals surface area contributed by atoms with Gasteiger partial charge in [0.1, 0.15) is 6.20 Å². The third-order valence-corrected chi connectivity index (χ3v) is 5.18. The molecule has 2 heterocycles. The van der Waals surface area contributed by atoms with Crippen molar-refractivity contribution in [2.24, 2.45) is 7.05 Å². The SMILES string of the molecule is Cc1nn(Cc2cccc(NC(=O)c3nn(C)cc3[N+](=O)[O-])c2)c(C)c1Br. The summed E-state index contributed by atoms with van der Waals surface area (Å²) in [7, 11) is 1.52. The molecular formula is C17H17BrN6O3. The van der Waals surface area contributed by atoms with Crippen molar-refractivity contribution in [1.29, 1.82) is 0 Å². The highest BCUT2D eigenvalue weighted by Crippen LogP contribution is 2.22. The first-order valence-electron chi connectivity index (χ1n) is 8.04. The highest BCUT2D eigenvalue weighted by atomic mass is 79.9. The Hall–Kier alpha value is -3.01. The van der Waals surface area contributed by atoms with Crippen molar-refractivity contribution in [3.05, 3.63) is 67.7 Å². The van der Waals surface area contributed by atoms with E-state index in [0.717, 1.165) is 21.4 Å². The van der Waals surface area contributed by atoms with Crippen molar-refractivity contribution >= 4 is 33.2 Å². The van der Waals surface area contributed by atoms with Gasteiger partial charge in [-0.1, -0.05) is 12.1 Å². The van der Waals surface area contributed by atoms with Crippen LogP contribution in [-0.4, -0.2) is 30.4 Å². The molecule has 0 bridgehead atoms. The quantitative estimate of drug-likeness (QED) is 0.491. The van der Waals surface area contributed by atoms with E-state index in [2.05, 4.69) is 31.4 Å². The van der Waals surface area contributed by atoms with Crippen molar-refractivity contribution < 1.29 is 9.72 Å². The van der Waals surface area contributed by atoms with Crippen LogP contribution in [-0.2, 0) is 13.6 Å². The zero-order chi connectivity index (χ0) is 19.7. The number of amides is 1. The molecule has 9 nitrogen and oxygen atoms in total. The molecule has 2 aromatic heterocycles. The second-order valence-corrected chi connectivity index (χ2v) is 6.88. The molecule has 0 aliphatic heterocycles. The molecular weight excluding hydrogens is 416 g/mol. The van der Waals surface area contributed by atoms with Gasteiger partial charge >= 0.3 is 5.69 Å². The van der Waals surface area contributed by atoms with Gasteiger partial charge in [0.2, 0.25) is 5.69 Å². The molecule has 10 heteroatoms. The van der Waals surface area contributed by atoms with Crippen LogP contribution in [0.2, 0.25) is 0 Å². The predicted octanol–water partition coefficient (Wildman–Crippen LogP) is 3.20. The first-order chi connectivity index (χ1) is 12.8. The molecule has 0 fully saturated rings. The number of carbonyl (C=O) groups is 1. The van der Waals surface area contributed by atoms with Gasteiger partial charge in [0, 0.05) is 12.7 Å². The number of anilines is 1. The van der Waals surface area contributed by atoms with E-state index in [4.69, 9.17) is 0 Å². The van der Waals surface area contributed by atoms with E-state index in [1.807, 2.05) is 24.6 Å². The van der Waals surface area contributed by atoms with Crippen molar-refractivity contribution in [3.63, 3.8) is 0 Å². The number of hydrogen-bond acceptors (Lipinski definition) is 5. The number of nitrogens with one attached hydrogen (secondary N) is 1. The van der Waals surface area contributed by atoms with Crippen LogP contribution in [0.25, 0.3) is 0 Å². The van der Waals surface area contributed by atoms with Crippen LogP contribution in [0.5, 0.6) is 0 Å². The first-order valence-corrected chi connectivity index (χ1v) is 8.83. The summed E-state index contributed by atoms with van der Waals surface area (Å²) in [6, 6.07) is 7.24. The Morgan fingerprint density at radius 2 is 2.07 bits per heavy atom. The van der Waals surface area contributed by atoms with Gasteiger partial charge < -0.3 is 5.32 Å². The van der Waals surface area contributed by atoms with Gasteiger partial charge in [-0.3, -0.25) is 24.3 Å². The molecule has 27 heavy (non-hydrogen) atoms. The lowest BCUT2D eigenvalue weighted by Crippen LogP contribution is -2.15. The highest BCUT2D eigenvalue weighted by Gasteiger charge is 2.25. The Morgan fingerprint density at radius 3 is 2.70 bits per heavy atom. The zero-order valence-electron chi connectivity index (χ0n) is 14.9. The number of rotatable bonds is 5. The molecule has 1 aromatic carbocycles. The minimum Gasteiger partial charge on any atom is -0.320 e. The van der Waals surface area contributed by atoms with Crippen molar-refractivity contribution in [3.8, 4) is 0 Å². The summed E-state index contributed by atoms with van der Waals surface area (Å²) in [5, 5.41) is 22.1. The van der Waals surface area contributed by atoms with E-state index in [0.29, 0.717) is 12.2 Å². The fourth-order valence-corrected chi connectivity index (χ4v) is 2.99. The number of aromatic nitrogens is 4. The first kappa shape index (κ1) is 18.8. The van der Waals surface area contributed by atoms with Crippen molar-refractivity contribution in [1.82, 2.24) is 19.6 Å². The van der Waals surface area contributed by atoms with E-state index in [1.165, 1.54) is 17.9 Å². The van der Waals surface area contributed by atoms with E-state index >= 15 is 0 Å². The second-order valence-electron chi connectivity index (χ2n) is 6.09. The van der Waals surface area contributed by atoms with Crippen LogP contribution in [0.1, 0.15) is 27.4 Å². The monoisotopic (exact) mass is 432 g/mol. The lowest BCUT2D eigenvalue weighted by Gasteiger charge is -2.08. The number of nitrogens with zero attached hydrogens (tertiary/aromatic N) is 5. The van der Waals surface area contributed by atoms with Gasteiger partial charge in [-0.15, -0.1) is 0 Å². The summed E-state index contributed by atoms with van der Waals surface area (Å²) in [5.41, 5.74) is 2.80. The van der Waals surface area contributed by atoms with Gasteiger partial charge in [-0.25, -0.2) is 0 Å². The van der Waals surface area contributed by atoms with Gasteiger partial charge in [0.25, 0.3) is 5.91 Å². The smallest absolute Gasteiger partial charge is 0.320 e. The number of benzene rings is 1. The largest absolute Gasteiger partial charge is 0.320 e. The van der Waals surface area contributed by atoms with Crippen LogP contribution in [0.15, 0.2) is 34.9 Å². The Bertz CT molecular complexity index is 1040. The molecule has 0 saturated carbocycles. The maximum absolute atomic E-state index is 12.4. The van der Waals surface area contributed by atoms with E-state index in [-0.39, 0.29) is 11.4 Å². The van der Waals surface area contributed by atoms with Crippen LogP contribution < -0.4 is 5.32 Å². The molecule has 1 N–H and O–H groups in total. The summed E-state index contributed by atoms with van der Waals surface area (Å²) in [5.74, 6) is -0.631. The Kier molecular flexibility index (Phi) is 5.08. The van der Waals surface area contributed by atoms with E-state index in [1.54, 1.807) is 18.2 Å². The molecule has 0 atom stereocenters. The normalized spacial score (nSPS) is 10.8. The molecule has 0 radical (unpaired) electrons. The van der Waals surface area contributed by atoms with Gasteiger partial charge in [0.15, 0.2) is 0 Å². The van der Waals surface area contributed by atoms with Crippen LogP contribution in [0, 0.1) is 24.0 Å². The minimum absolute atomic E-state index is 0.227. The number of halogens is 1. The number of hydrogen-bond donors (Lipinski definition) is 1. The molecule has 0 aliphatic carbocycles. The Balaban J connectivity index is 1.81. The van der Waals surface area contributed by atoms with Crippen LogP contribution >= 0.6 is 15.9 Å². The topological polar surface area (TPSA) is 108 Å². The average molecular weight is 433 g/mol. The zero-order valence-corrected chi connectivity index (χ0v) is 16.5. The molecule has 0 saturated heterocycles. The maximum atomic E-state index is 12.4. The van der Waals surface area contributed by atoms with Crippen molar-refractivity contribution in [2.45, 2.75) is 20.4 Å². The third kappa shape index (κ3) is 3.90. The third-order valence-electron chi connectivity index (χ3n) is 4.03. The van der Waals surface area contributed by atoms with E-state index < -0.39 is 10.8 Å². The lowest BCUT2D eigenvalue weighted by atomic mass is 10.2. The summed E-state index contributed by atoms with van der Waals surface area (Å²) in [4.78, 5) is 22.9. The highest BCUT2D eigenvalue weighted by molar-refractivity contribution is 9.10. The molecule has 3 rings (SSSR count). The standard InChI is InChI=1S/C17H17BrN6O3/c1-10-15(18)11(2)23(20-10)8-12-5-4-6-13(7-12)19-17(25)16-14(24(26)27)9-22(3)21-16/h4-7,9H,8H2,1-3H3,(H,19,25). The van der Waals surface area contributed by atoms with Crippen molar-refractivity contribution in [2.75, 3.05) is 5.32 Å². The summed E-state index contributed by atoms with van der Waals surface area (Å²) in [6.07, 6.45) is 1.20. The minimum atomic E-state index is -0.631. The molecule has 0 aliphatic rings. The lowest BCUT2D eigenvalue weighted by molar-refractivity contribution is -0.385. The summed E-state index contributed by atoms with van der Waals surface area (Å²) >= 11 is 3.50. The fourth-order valence-electron chi connectivity index (χ4n) is 2.71. The molecule has 140 valence electrons. The number of aryl methyl sites for hydroxylation is 2. The van der Waals surface area contributed by atoms with Gasteiger partial charge in [-0.2, -0.15) is 10.2 Å².